The average molecular weight is 242 g/mol. The highest BCUT2D eigenvalue weighted by molar-refractivity contribution is 5.95. The average Bonchev–Trinajstić information content (AvgIpc) is 2.40. The lowest BCUT2D eigenvalue weighted by Gasteiger charge is -2.07. The minimum atomic E-state index is -0.177. The Morgan fingerprint density at radius 1 is 1.39 bits per heavy atom. The van der Waals surface area contributed by atoms with Crippen LogP contribution in [0.25, 0.3) is 0 Å². The number of carbonyl (C=O) groups is 1. The summed E-state index contributed by atoms with van der Waals surface area (Å²) in [5.41, 5.74) is 8.26. The van der Waals surface area contributed by atoms with Gasteiger partial charge in [0.25, 0.3) is 5.91 Å². The van der Waals surface area contributed by atoms with Gasteiger partial charge in [0.2, 0.25) is 0 Å². The first-order valence-electron chi connectivity index (χ1n) is 5.56. The number of nitrogens with zero attached hydrogens (tertiary/aromatic N) is 2. The van der Waals surface area contributed by atoms with Crippen molar-refractivity contribution in [1.82, 2.24) is 15.3 Å². The van der Waals surface area contributed by atoms with Gasteiger partial charge in [-0.15, -0.1) is 0 Å². The van der Waals surface area contributed by atoms with Crippen LogP contribution in [0.4, 0.5) is 5.69 Å². The number of anilines is 1. The molecule has 0 aliphatic rings. The van der Waals surface area contributed by atoms with Crippen LogP contribution in [0.3, 0.4) is 0 Å². The number of nitrogens with one attached hydrogen (secondary N) is 1. The molecule has 5 heteroatoms. The summed E-state index contributed by atoms with van der Waals surface area (Å²) in [6.07, 6.45) is 4.92. The number of hydrogen-bond acceptors (Lipinski definition) is 4. The van der Waals surface area contributed by atoms with E-state index in [1.807, 2.05) is 12.1 Å². The summed E-state index contributed by atoms with van der Waals surface area (Å²) in [4.78, 5) is 19.9. The van der Waals surface area contributed by atoms with Crippen LogP contribution in [0.2, 0.25) is 0 Å². The third-order valence-electron chi connectivity index (χ3n) is 2.56. The summed E-state index contributed by atoms with van der Waals surface area (Å²) in [5.74, 6) is -0.177. The van der Waals surface area contributed by atoms with Crippen LogP contribution < -0.4 is 11.1 Å². The lowest BCUT2D eigenvalue weighted by atomic mass is 10.1. The van der Waals surface area contributed by atoms with Crippen molar-refractivity contribution in [2.45, 2.75) is 13.5 Å². The monoisotopic (exact) mass is 242 g/mol. The fourth-order valence-corrected chi connectivity index (χ4v) is 1.56. The topological polar surface area (TPSA) is 80.9 Å². The number of aromatic nitrogens is 2. The number of carbonyl (C=O) groups excluding carboxylic acids is 1. The van der Waals surface area contributed by atoms with Gasteiger partial charge >= 0.3 is 0 Å². The lowest BCUT2D eigenvalue weighted by Crippen LogP contribution is -2.24. The highest BCUT2D eigenvalue weighted by atomic mass is 16.1. The molecular weight excluding hydrogens is 228 g/mol. The number of aryl methyl sites for hydroxylation is 1. The van der Waals surface area contributed by atoms with Gasteiger partial charge in [0.05, 0.1) is 23.1 Å². The Balaban J connectivity index is 2.06. The predicted octanol–water partition coefficient (Wildman–Crippen LogP) is 1.30. The molecule has 2 aromatic rings. The first-order chi connectivity index (χ1) is 8.66. The number of hydrogen-bond donors (Lipinski definition) is 2. The Hall–Kier alpha value is -2.43. The standard InChI is InChI=1S/C13H14N4O/c1-9-12(6-11(14)8-16-9)13(18)17-7-10-2-4-15-5-3-10/h2-6,8H,7,14H2,1H3,(H,17,18). The molecule has 0 saturated carbocycles. The van der Waals surface area contributed by atoms with Gasteiger partial charge in [0.15, 0.2) is 0 Å². The summed E-state index contributed by atoms with van der Waals surface area (Å²) in [5, 5.41) is 2.82. The molecule has 0 aliphatic carbocycles. The van der Waals surface area contributed by atoms with E-state index in [1.165, 1.54) is 6.20 Å². The maximum Gasteiger partial charge on any atom is 0.253 e. The fraction of sp³-hybridized carbons (Fsp3) is 0.154. The minimum absolute atomic E-state index is 0.177. The van der Waals surface area contributed by atoms with E-state index in [2.05, 4.69) is 15.3 Å². The van der Waals surface area contributed by atoms with Gasteiger partial charge in [0, 0.05) is 18.9 Å². The Kier molecular flexibility index (Phi) is 3.52. The lowest BCUT2D eigenvalue weighted by molar-refractivity contribution is 0.0950. The first kappa shape index (κ1) is 12.0. The van der Waals surface area contributed by atoms with E-state index in [0.29, 0.717) is 23.5 Å². The molecule has 18 heavy (non-hydrogen) atoms. The second-order valence-electron chi connectivity index (χ2n) is 3.94. The number of amides is 1. The van der Waals surface area contributed by atoms with Crippen LogP contribution in [-0.4, -0.2) is 15.9 Å². The molecule has 0 fully saturated rings. The van der Waals surface area contributed by atoms with Gasteiger partial charge in [-0.2, -0.15) is 0 Å². The van der Waals surface area contributed by atoms with Crippen LogP contribution in [0.5, 0.6) is 0 Å². The van der Waals surface area contributed by atoms with Crippen molar-refractivity contribution < 1.29 is 4.79 Å². The summed E-state index contributed by atoms with van der Waals surface area (Å²) in [6.45, 7) is 2.23. The Bertz CT molecular complexity index is 554. The molecule has 0 atom stereocenters. The van der Waals surface area contributed by atoms with Crippen molar-refractivity contribution in [3.05, 3.63) is 53.6 Å². The minimum Gasteiger partial charge on any atom is -0.397 e. The zero-order chi connectivity index (χ0) is 13.0. The largest absolute Gasteiger partial charge is 0.397 e. The van der Waals surface area contributed by atoms with E-state index in [9.17, 15) is 4.79 Å². The molecule has 1 amide bonds. The number of rotatable bonds is 3. The molecule has 0 aromatic carbocycles. The first-order valence-corrected chi connectivity index (χ1v) is 5.56. The molecule has 2 heterocycles. The van der Waals surface area contributed by atoms with Gasteiger partial charge in [0.1, 0.15) is 0 Å². The molecular formula is C13H14N4O. The highest BCUT2D eigenvalue weighted by Crippen LogP contribution is 2.09. The fourth-order valence-electron chi connectivity index (χ4n) is 1.56. The molecule has 2 aromatic heterocycles. The molecule has 0 bridgehead atoms. The van der Waals surface area contributed by atoms with Crippen molar-refractivity contribution in [1.29, 1.82) is 0 Å². The van der Waals surface area contributed by atoms with Crippen LogP contribution in [-0.2, 0) is 6.54 Å². The third-order valence-corrected chi connectivity index (χ3v) is 2.56. The van der Waals surface area contributed by atoms with Gasteiger partial charge in [-0.05, 0) is 30.7 Å². The second-order valence-corrected chi connectivity index (χ2v) is 3.94. The SMILES string of the molecule is Cc1ncc(N)cc1C(=O)NCc1ccncc1. The van der Waals surface area contributed by atoms with Gasteiger partial charge in [-0.3, -0.25) is 14.8 Å². The zero-order valence-corrected chi connectivity index (χ0v) is 10.1. The van der Waals surface area contributed by atoms with Gasteiger partial charge in [-0.1, -0.05) is 0 Å². The summed E-state index contributed by atoms with van der Waals surface area (Å²) >= 11 is 0. The third kappa shape index (κ3) is 2.82. The van der Waals surface area contributed by atoms with Crippen molar-refractivity contribution >= 4 is 11.6 Å². The summed E-state index contributed by atoms with van der Waals surface area (Å²) in [7, 11) is 0. The molecule has 0 radical (unpaired) electrons. The smallest absolute Gasteiger partial charge is 0.253 e. The second kappa shape index (κ2) is 5.27. The Labute approximate surface area is 105 Å². The quantitative estimate of drug-likeness (QED) is 0.850. The summed E-state index contributed by atoms with van der Waals surface area (Å²) < 4.78 is 0. The van der Waals surface area contributed by atoms with E-state index in [4.69, 9.17) is 5.73 Å². The summed E-state index contributed by atoms with van der Waals surface area (Å²) in [6, 6.07) is 5.33. The van der Waals surface area contributed by atoms with Crippen molar-refractivity contribution in [3.63, 3.8) is 0 Å². The predicted molar refractivity (Wildman–Crippen MR) is 68.8 cm³/mol. The molecule has 2 rings (SSSR count). The van der Waals surface area contributed by atoms with E-state index in [1.54, 1.807) is 25.4 Å². The van der Waals surface area contributed by atoms with Crippen LogP contribution in [0.15, 0.2) is 36.8 Å². The number of nitrogen functional groups attached to an aromatic ring is 1. The van der Waals surface area contributed by atoms with Crippen LogP contribution >= 0.6 is 0 Å². The molecule has 0 saturated heterocycles. The number of nitrogens with two attached hydrogens (primary N) is 1. The van der Waals surface area contributed by atoms with Crippen LogP contribution in [0, 0.1) is 6.92 Å². The Morgan fingerprint density at radius 2 is 2.11 bits per heavy atom. The maximum absolute atomic E-state index is 12.0. The van der Waals surface area contributed by atoms with Crippen molar-refractivity contribution in [3.8, 4) is 0 Å². The molecule has 0 aliphatic heterocycles. The zero-order valence-electron chi connectivity index (χ0n) is 10.1. The van der Waals surface area contributed by atoms with Gasteiger partial charge in [-0.25, -0.2) is 0 Å². The van der Waals surface area contributed by atoms with Crippen molar-refractivity contribution in [2.24, 2.45) is 0 Å². The highest BCUT2D eigenvalue weighted by Gasteiger charge is 2.09. The molecule has 0 unspecified atom stereocenters. The normalized spacial score (nSPS) is 10.1. The van der Waals surface area contributed by atoms with E-state index in [0.717, 1.165) is 5.56 Å². The Morgan fingerprint density at radius 3 is 2.83 bits per heavy atom. The van der Waals surface area contributed by atoms with E-state index in [-0.39, 0.29) is 5.91 Å². The van der Waals surface area contributed by atoms with Crippen molar-refractivity contribution in [2.75, 3.05) is 5.73 Å². The van der Waals surface area contributed by atoms with Gasteiger partial charge < -0.3 is 11.1 Å². The molecule has 92 valence electrons. The van der Waals surface area contributed by atoms with Crippen LogP contribution in [0.1, 0.15) is 21.6 Å². The van der Waals surface area contributed by atoms with E-state index >= 15 is 0 Å². The van der Waals surface area contributed by atoms with E-state index < -0.39 is 0 Å². The molecule has 3 N–H and O–H groups in total. The molecule has 0 spiro atoms. The maximum atomic E-state index is 12.0. The molecule has 5 nitrogen and oxygen atoms in total. The number of pyridine rings is 2.